The minimum absolute atomic E-state index is 0.364. The van der Waals surface area contributed by atoms with Gasteiger partial charge in [0.05, 0.1) is 66.1 Å². The molecule has 12 heteroatoms. The molecule has 0 aliphatic heterocycles. The van der Waals surface area contributed by atoms with Gasteiger partial charge in [-0.3, -0.25) is 0 Å². The van der Waals surface area contributed by atoms with Gasteiger partial charge < -0.3 is 37.9 Å². The molecule has 0 N–H and O–H groups in total. The largest absolute Gasteiger partial charge is 0.474 e. The molecule has 0 atom stereocenters. The first-order valence-electron chi connectivity index (χ1n) is 11.1. The molecule has 0 saturated carbocycles. The molecule has 12 nitrogen and oxygen atoms in total. The molecule has 0 aliphatic carbocycles. The van der Waals surface area contributed by atoms with Crippen molar-refractivity contribution >= 4 is 0 Å². The topological polar surface area (TPSA) is 125 Å². The van der Waals surface area contributed by atoms with Crippen LogP contribution >= 0.6 is 0 Å². The van der Waals surface area contributed by atoms with E-state index < -0.39 is 0 Å². The number of hydrogen-bond donors (Lipinski definition) is 0. The van der Waals surface area contributed by atoms with Crippen molar-refractivity contribution in [2.75, 3.05) is 93.5 Å². The van der Waals surface area contributed by atoms with Crippen LogP contribution in [0.15, 0.2) is 24.3 Å². The summed E-state index contributed by atoms with van der Waals surface area (Å²) in [5.41, 5.74) is 1.15. The second-order valence-electron chi connectivity index (χ2n) is 6.65. The maximum absolute atomic E-state index is 5.52. The van der Waals surface area contributed by atoms with Crippen LogP contribution in [0.25, 0.3) is 11.4 Å². The highest BCUT2D eigenvalue weighted by Gasteiger charge is 2.06. The van der Waals surface area contributed by atoms with E-state index in [1.54, 1.807) is 38.5 Å². The highest BCUT2D eigenvalue weighted by molar-refractivity contribution is 5.52. The maximum Gasteiger partial charge on any atom is 0.233 e. The molecule has 2 rings (SSSR count). The Labute approximate surface area is 199 Å². The van der Waals surface area contributed by atoms with Crippen LogP contribution in [0.4, 0.5) is 0 Å². The van der Waals surface area contributed by atoms with Gasteiger partial charge in [-0.2, -0.15) is 0 Å². The summed E-state index contributed by atoms with van der Waals surface area (Å²) in [6, 6.07) is 6.97. The first-order chi connectivity index (χ1) is 16.8. The van der Waals surface area contributed by atoms with Crippen molar-refractivity contribution in [1.82, 2.24) is 20.4 Å². The third-order valence-electron chi connectivity index (χ3n) is 4.11. The number of rotatable bonds is 21. The molecule has 2 heterocycles. The Hall–Kier alpha value is -2.48. The predicted octanol–water partition coefficient (Wildman–Crippen LogP) is 1.05. The van der Waals surface area contributed by atoms with Gasteiger partial charge in [-0.1, -0.05) is 0 Å². The fourth-order valence-electron chi connectivity index (χ4n) is 2.41. The van der Waals surface area contributed by atoms with Crippen molar-refractivity contribution in [3.05, 3.63) is 24.3 Å². The van der Waals surface area contributed by atoms with Gasteiger partial charge in [-0.05, 0) is 12.1 Å². The van der Waals surface area contributed by atoms with E-state index >= 15 is 0 Å². The molecular weight excluding hydrogens is 448 g/mol. The van der Waals surface area contributed by atoms with Gasteiger partial charge in [-0.25, -0.2) is 0 Å². The highest BCUT2D eigenvalue weighted by atomic mass is 16.6. The molecule has 190 valence electrons. The van der Waals surface area contributed by atoms with E-state index in [2.05, 4.69) is 20.4 Å². The molecule has 0 saturated heterocycles. The van der Waals surface area contributed by atoms with E-state index in [-0.39, 0.29) is 0 Å². The number of nitrogens with zero attached hydrogens (tertiary/aromatic N) is 4. The van der Waals surface area contributed by atoms with Crippen molar-refractivity contribution in [2.45, 2.75) is 0 Å². The van der Waals surface area contributed by atoms with Crippen LogP contribution in [0.2, 0.25) is 0 Å². The SMILES string of the molecule is COCCOCCOCCOc1ccc(-c2ccc(OCCOCCOCCOC)nn2)nn1. The van der Waals surface area contributed by atoms with Crippen LogP contribution in [0.3, 0.4) is 0 Å². The Bertz CT molecular complexity index is 673. The quantitative estimate of drug-likeness (QED) is 0.236. The molecule has 0 spiro atoms. The fraction of sp³-hybridized carbons (Fsp3) is 0.636. The van der Waals surface area contributed by atoms with Crippen LogP contribution in [0.1, 0.15) is 0 Å². The first-order valence-corrected chi connectivity index (χ1v) is 11.1. The zero-order chi connectivity index (χ0) is 24.1. The minimum atomic E-state index is 0.364. The zero-order valence-electron chi connectivity index (χ0n) is 19.8. The molecular formula is C22H34N4O8. The zero-order valence-corrected chi connectivity index (χ0v) is 19.8. The lowest BCUT2D eigenvalue weighted by Crippen LogP contribution is -2.13. The Kier molecular flexibility index (Phi) is 15.4. The average Bonchev–Trinajstić information content (AvgIpc) is 2.87. The van der Waals surface area contributed by atoms with Crippen molar-refractivity contribution in [3.63, 3.8) is 0 Å². The smallest absolute Gasteiger partial charge is 0.233 e. The van der Waals surface area contributed by atoms with Gasteiger partial charge in [0.25, 0.3) is 0 Å². The summed E-state index contributed by atoms with van der Waals surface area (Å²) >= 11 is 0. The Morgan fingerprint density at radius 3 is 1.12 bits per heavy atom. The second kappa shape index (κ2) is 18.9. The van der Waals surface area contributed by atoms with Crippen molar-refractivity contribution in [3.8, 4) is 23.1 Å². The number of hydrogen-bond acceptors (Lipinski definition) is 12. The standard InChI is InChI=1S/C22H34N4O8/c1-27-7-9-29-11-13-31-15-17-33-21-5-3-19(23-25-21)20-4-6-22(26-24-20)34-18-16-32-14-12-30-10-8-28-2/h3-6H,7-18H2,1-2H3. The predicted molar refractivity (Wildman–Crippen MR) is 121 cm³/mol. The van der Waals surface area contributed by atoms with E-state index in [0.29, 0.717) is 102 Å². The van der Waals surface area contributed by atoms with Gasteiger partial charge in [0.2, 0.25) is 11.8 Å². The number of aromatic nitrogens is 4. The third-order valence-corrected chi connectivity index (χ3v) is 4.11. The Balaban J connectivity index is 1.57. The van der Waals surface area contributed by atoms with Gasteiger partial charge in [0, 0.05) is 26.4 Å². The second-order valence-corrected chi connectivity index (χ2v) is 6.65. The van der Waals surface area contributed by atoms with Gasteiger partial charge >= 0.3 is 0 Å². The third kappa shape index (κ3) is 12.7. The summed E-state index contributed by atoms with van der Waals surface area (Å²) in [5, 5.41) is 16.3. The molecule has 0 fully saturated rings. The van der Waals surface area contributed by atoms with Crippen molar-refractivity contribution in [2.24, 2.45) is 0 Å². The van der Waals surface area contributed by atoms with E-state index in [0.717, 1.165) is 0 Å². The van der Waals surface area contributed by atoms with Gasteiger partial charge in [-0.15, -0.1) is 20.4 Å². The van der Waals surface area contributed by atoms with Crippen LogP contribution in [0, 0.1) is 0 Å². The van der Waals surface area contributed by atoms with Crippen LogP contribution in [-0.4, -0.2) is 114 Å². The normalized spacial score (nSPS) is 11.0. The lowest BCUT2D eigenvalue weighted by atomic mass is 10.3. The lowest BCUT2D eigenvalue weighted by molar-refractivity contribution is 0.0176. The summed E-state index contributed by atoms with van der Waals surface area (Å²) in [5.74, 6) is 0.807. The highest BCUT2D eigenvalue weighted by Crippen LogP contribution is 2.16. The molecule has 0 radical (unpaired) electrons. The molecule has 0 unspecified atom stereocenters. The molecule has 0 aliphatic rings. The van der Waals surface area contributed by atoms with Gasteiger partial charge in [0.15, 0.2) is 0 Å². The average molecular weight is 483 g/mol. The molecule has 34 heavy (non-hydrogen) atoms. The van der Waals surface area contributed by atoms with Crippen molar-refractivity contribution in [1.29, 1.82) is 0 Å². The van der Waals surface area contributed by atoms with Gasteiger partial charge in [0.1, 0.15) is 24.6 Å². The molecule has 0 amide bonds. The maximum atomic E-state index is 5.52. The van der Waals surface area contributed by atoms with E-state index in [1.165, 1.54) is 0 Å². The fourth-order valence-corrected chi connectivity index (χ4v) is 2.41. The van der Waals surface area contributed by atoms with E-state index in [1.807, 2.05) is 0 Å². The first kappa shape index (κ1) is 27.8. The number of ether oxygens (including phenoxy) is 8. The summed E-state index contributed by atoms with van der Waals surface area (Å²) in [7, 11) is 3.27. The van der Waals surface area contributed by atoms with Crippen LogP contribution in [-0.2, 0) is 28.4 Å². The van der Waals surface area contributed by atoms with Crippen molar-refractivity contribution < 1.29 is 37.9 Å². The summed E-state index contributed by atoms with van der Waals surface area (Å²) in [6.45, 7) is 5.86. The van der Waals surface area contributed by atoms with E-state index in [9.17, 15) is 0 Å². The summed E-state index contributed by atoms with van der Waals surface area (Å²) < 4.78 is 42.3. The monoisotopic (exact) mass is 482 g/mol. The minimum Gasteiger partial charge on any atom is -0.474 e. The van der Waals surface area contributed by atoms with Crippen LogP contribution < -0.4 is 9.47 Å². The lowest BCUT2D eigenvalue weighted by Gasteiger charge is -2.08. The number of methoxy groups -OCH3 is 2. The molecule has 0 aromatic carbocycles. The summed E-state index contributed by atoms with van der Waals surface area (Å²) in [6.07, 6.45) is 0. The van der Waals surface area contributed by atoms with Crippen LogP contribution in [0.5, 0.6) is 11.8 Å². The molecule has 2 aromatic heterocycles. The molecule has 2 aromatic rings. The summed E-state index contributed by atoms with van der Waals surface area (Å²) in [4.78, 5) is 0. The Morgan fingerprint density at radius 2 is 0.794 bits per heavy atom. The molecule has 0 bridgehead atoms. The Morgan fingerprint density at radius 1 is 0.441 bits per heavy atom. The van der Waals surface area contributed by atoms with E-state index in [4.69, 9.17) is 37.9 Å².